The highest BCUT2D eigenvalue weighted by Gasteiger charge is 2.29. The molecular formula is C18H23FN2O2. The summed E-state index contributed by atoms with van der Waals surface area (Å²) in [6.07, 6.45) is 3.61. The molecule has 0 radical (unpaired) electrons. The summed E-state index contributed by atoms with van der Waals surface area (Å²) in [4.78, 5) is 13.8. The van der Waals surface area contributed by atoms with Crippen molar-refractivity contribution in [2.75, 3.05) is 11.5 Å². The molecular weight excluding hydrogens is 295 g/mol. The van der Waals surface area contributed by atoms with Crippen molar-refractivity contribution in [3.05, 3.63) is 29.8 Å². The molecule has 23 heavy (non-hydrogen) atoms. The standard InChI is InChI=1S/C18H23FN2O2/c1-5-10-23-18-15(12(2)11-20-19)8-9-17-16(18)7-6-13(3)21(17)14(4)22/h8-9,11,13H,2,5-7,10H2,1,3-4H3. The Balaban J connectivity index is 2.58. The van der Waals surface area contributed by atoms with Gasteiger partial charge in [0, 0.05) is 24.1 Å². The van der Waals surface area contributed by atoms with E-state index in [2.05, 4.69) is 11.8 Å². The number of carbonyl (C=O) groups excluding carboxylic acids is 1. The summed E-state index contributed by atoms with van der Waals surface area (Å²) in [7, 11) is 0. The number of rotatable bonds is 5. The second-order valence-corrected chi connectivity index (χ2v) is 5.82. The minimum atomic E-state index is 0.0109. The van der Waals surface area contributed by atoms with Crippen LogP contribution in [0.1, 0.15) is 44.7 Å². The maximum Gasteiger partial charge on any atom is 0.224 e. The molecule has 4 nitrogen and oxygen atoms in total. The molecule has 124 valence electrons. The summed E-state index contributed by atoms with van der Waals surface area (Å²) in [5.41, 5.74) is 3.03. The number of halogens is 1. The number of benzene rings is 1. The molecule has 0 aliphatic carbocycles. The van der Waals surface area contributed by atoms with E-state index in [1.807, 2.05) is 26.0 Å². The van der Waals surface area contributed by atoms with Crippen molar-refractivity contribution in [3.8, 4) is 5.75 Å². The second kappa shape index (κ2) is 7.40. The zero-order valence-electron chi connectivity index (χ0n) is 13.9. The minimum absolute atomic E-state index is 0.0109. The lowest BCUT2D eigenvalue weighted by Crippen LogP contribution is -2.40. The highest BCUT2D eigenvalue weighted by atomic mass is 19.2. The van der Waals surface area contributed by atoms with Crippen molar-refractivity contribution < 1.29 is 14.0 Å². The number of allylic oxidation sites excluding steroid dienone is 1. The van der Waals surface area contributed by atoms with Gasteiger partial charge in [0.25, 0.3) is 0 Å². The molecule has 0 saturated heterocycles. The fraction of sp³-hybridized carbons (Fsp3) is 0.444. The van der Waals surface area contributed by atoms with E-state index in [1.54, 1.807) is 11.8 Å². The monoisotopic (exact) mass is 318 g/mol. The van der Waals surface area contributed by atoms with Gasteiger partial charge in [0.2, 0.25) is 5.91 Å². The van der Waals surface area contributed by atoms with Crippen molar-refractivity contribution in [2.24, 2.45) is 5.21 Å². The summed E-state index contributed by atoms with van der Waals surface area (Å²) >= 11 is 0. The molecule has 1 aromatic carbocycles. The topological polar surface area (TPSA) is 41.9 Å². The molecule has 1 amide bonds. The lowest BCUT2D eigenvalue weighted by molar-refractivity contribution is -0.117. The second-order valence-electron chi connectivity index (χ2n) is 5.82. The Kier molecular flexibility index (Phi) is 5.53. The molecule has 1 unspecified atom stereocenters. The fourth-order valence-corrected chi connectivity index (χ4v) is 3.03. The van der Waals surface area contributed by atoms with Crippen LogP contribution in [0.5, 0.6) is 5.75 Å². The number of amides is 1. The predicted molar refractivity (Wildman–Crippen MR) is 91.8 cm³/mol. The van der Waals surface area contributed by atoms with Crippen molar-refractivity contribution in [1.29, 1.82) is 0 Å². The quantitative estimate of drug-likeness (QED) is 0.766. The summed E-state index contributed by atoms with van der Waals surface area (Å²) in [6, 6.07) is 3.86. The lowest BCUT2D eigenvalue weighted by atomic mass is 9.92. The fourth-order valence-electron chi connectivity index (χ4n) is 3.03. The van der Waals surface area contributed by atoms with E-state index in [-0.39, 0.29) is 11.9 Å². The van der Waals surface area contributed by atoms with E-state index in [0.29, 0.717) is 17.9 Å². The molecule has 0 N–H and O–H groups in total. The molecule has 0 aromatic heterocycles. The van der Waals surface area contributed by atoms with E-state index in [4.69, 9.17) is 4.74 Å². The third-order valence-electron chi connectivity index (χ3n) is 4.09. The molecule has 0 fully saturated rings. The number of hydrogen-bond donors (Lipinski definition) is 0. The van der Waals surface area contributed by atoms with E-state index in [9.17, 15) is 9.28 Å². The van der Waals surface area contributed by atoms with Gasteiger partial charge < -0.3 is 9.64 Å². The lowest BCUT2D eigenvalue weighted by Gasteiger charge is -2.36. The van der Waals surface area contributed by atoms with Crippen LogP contribution in [0.4, 0.5) is 10.2 Å². The molecule has 1 aliphatic heterocycles. The van der Waals surface area contributed by atoms with E-state index >= 15 is 0 Å². The van der Waals surface area contributed by atoms with Crippen molar-refractivity contribution in [1.82, 2.24) is 0 Å². The van der Waals surface area contributed by atoms with Gasteiger partial charge in [0.15, 0.2) is 0 Å². The van der Waals surface area contributed by atoms with Crippen molar-refractivity contribution >= 4 is 23.4 Å². The molecule has 2 rings (SSSR count). The van der Waals surface area contributed by atoms with Crippen LogP contribution in [0.15, 0.2) is 23.9 Å². The first kappa shape index (κ1) is 17.2. The van der Waals surface area contributed by atoms with Crippen molar-refractivity contribution in [2.45, 2.75) is 46.1 Å². The van der Waals surface area contributed by atoms with Crippen LogP contribution in [0.2, 0.25) is 0 Å². The molecule has 1 heterocycles. The van der Waals surface area contributed by atoms with Crippen LogP contribution < -0.4 is 9.64 Å². The largest absolute Gasteiger partial charge is 0.493 e. The number of carbonyl (C=O) groups is 1. The molecule has 1 aliphatic rings. The van der Waals surface area contributed by atoms with Crippen LogP contribution in [-0.2, 0) is 11.2 Å². The summed E-state index contributed by atoms with van der Waals surface area (Å²) in [5.74, 6) is 0.698. The first-order chi connectivity index (χ1) is 11.0. The number of anilines is 1. The van der Waals surface area contributed by atoms with Gasteiger partial charge >= 0.3 is 0 Å². The third-order valence-corrected chi connectivity index (χ3v) is 4.09. The van der Waals surface area contributed by atoms with Gasteiger partial charge in [-0.2, -0.15) is 0 Å². The van der Waals surface area contributed by atoms with Crippen molar-refractivity contribution in [3.63, 3.8) is 0 Å². The normalized spacial score (nSPS) is 17.2. The van der Waals surface area contributed by atoms with Crippen LogP contribution in [0.3, 0.4) is 0 Å². The van der Waals surface area contributed by atoms with E-state index < -0.39 is 0 Å². The molecule has 0 bridgehead atoms. The highest BCUT2D eigenvalue weighted by molar-refractivity contribution is 6.10. The molecule has 1 atom stereocenters. The first-order valence-corrected chi connectivity index (χ1v) is 7.93. The van der Waals surface area contributed by atoms with Crippen LogP contribution in [0.25, 0.3) is 5.57 Å². The number of hydrogen-bond acceptors (Lipinski definition) is 3. The van der Waals surface area contributed by atoms with E-state index in [1.165, 1.54) is 0 Å². The molecule has 5 heteroatoms. The summed E-state index contributed by atoms with van der Waals surface area (Å²) in [6.45, 7) is 10.0. The number of ether oxygens (including phenoxy) is 1. The van der Waals surface area contributed by atoms with Gasteiger partial charge in [0.1, 0.15) is 5.75 Å². The molecule has 1 aromatic rings. The molecule has 0 spiro atoms. The highest BCUT2D eigenvalue weighted by Crippen LogP contribution is 2.41. The Labute approximate surface area is 136 Å². The van der Waals surface area contributed by atoms with Gasteiger partial charge in [-0.05, 0) is 43.9 Å². The van der Waals surface area contributed by atoms with Gasteiger partial charge in [-0.1, -0.05) is 23.2 Å². The number of nitrogens with zero attached hydrogens (tertiary/aromatic N) is 2. The first-order valence-electron chi connectivity index (χ1n) is 7.93. The number of fused-ring (bicyclic) bond motifs is 1. The maximum absolute atomic E-state index is 12.3. The molecule has 0 saturated carbocycles. The Morgan fingerprint density at radius 2 is 2.30 bits per heavy atom. The van der Waals surface area contributed by atoms with Gasteiger partial charge in [-0.15, -0.1) is 0 Å². The minimum Gasteiger partial charge on any atom is -0.493 e. The van der Waals surface area contributed by atoms with E-state index in [0.717, 1.165) is 42.3 Å². The smallest absolute Gasteiger partial charge is 0.224 e. The van der Waals surface area contributed by atoms with Crippen LogP contribution in [-0.4, -0.2) is 24.8 Å². The van der Waals surface area contributed by atoms with Gasteiger partial charge in [0.05, 0.1) is 18.5 Å². The SMILES string of the molecule is C=C(C=NF)c1ccc2c(c1OCCC)CCC(C)N2C(C)=O. The maximum atomic E-state index is 12.3. The Hall–Kier alpha value is -2.17. The Bertz CT molecular complexity index is 640. The zero-order chi connectivity index (χ0) is 17.0. The van der Waals surface area contributed by atoms with Crippen LogP contribution >= 0.6 is 0 Å². The zero-order valence-corrected chi connectivity index (χ0v) is 13.9. The Morgan fingerprint density at radius 1 is 1.57 bits per heavy atom. The summed E-state index contributed by atoms with van der Waals surface area (Å²) in [5, 5.41) is 2.56. The van der Waals surface area contributed by atoms with Gasteiger partial charge in [-0.25, -0.2) is 0 Å². The average Bonchev–Trinajstić information content (AvgIpc) is 2.51. The van der Waals surface area contributed by atoms with Crippen LogP contribution in [0, 0.1) is 0 Å². The Morgan fingerprint density at radius 3 is 2.91 bits per heavy atom. The third kappa shape index (κ3) is 3.44. The predicted octanol–water partition coefficient (Wildman–Crippen LogP) is 4.13. The average molecular weight is 318 g/mol. The summed E-state index contributed by atoms with van der Waals surface area (Å²) < 4.78 is 18.2. The van der Waals surface area contributed by atoms with Gasteiger partial charge in [-0.3, -0.25) is 4.79 Å².